The van der Waals surface area contributed by atoms with Gasteiger partial charge in [0.2, 0.25) is 0 Å². The summed E-state index contributed by atoms with van der Waals surface area (Å²) in [6, 6.07) is 9.74. The van der Waals surface area contributed by atoms with Crippen LogP contribution < -0.4 is 0 Å². The van der Waals surface area contributed by atoms with Crippen molar-refractivity contribution in [2.24, 2.45) is 0 Å². The van der Waals surface area contributed by atoms with Gasteiger partial charge in [-0.05, 0) is 28.7 Å². The van der Waals surface area contributed by atoms with Crippen LogP contribution in [0.1, 0.15) is 5.56 Å². The third kappa shape index (κ3) is 1.80. The van der Waals surface area contributed by atoms with Gasteiger partial charge in [-0.15, -0.1) is 0 Å². The van der Waals surface area contributed by atoms with Crippen LogP contribution in [-0.4, -0.2) is 0 Å². The van der Waals surface area contributed by atoms with Gasteiger partial charge < -0.3 is 0 Å². The zero-order valence-corrected chi connectivity index (χ0v) is 7.30. The minimum absolute atomic E-state index is 0.235. The fourth-order valence-electron chi connectivity index (χ4n) is 0.601. The van der Waals surface area contributed by atoms with Crippen LogP contribution in [0.25, 0.3) is 5.83 Å². The van der Waals surface area contributed by atoms with Crippen LogP contribution in [0.2, 0.25) is 0 Å². The van der Waals surface area contributed by atoms with Crippen molar-refractivity contribution in [3.63, 3.8) is 0 Å². The molecule has 0 atom stereocenters. The van der Waals surface area contributed by atoms with Gasteiger partial charge in [0.1, 0.15) is 5.83 Å². The molecule has 2 heteroatoms. The molecule has 0 unspecified atom stereocenters. The first-order chi connectivity index (χ1) is 4.84. The molecule has 0 saturated carbocycles. The number of rotatable bonds is 1. The fourth-order valence-corrected chi connectivity index (χ4v) is 0.936. The second-order valence-corrected chi connectivity index (χ2v) is 2.36. The van der Waals surface area contributed by atoms with Gasteiger partial charge in [-0.1, -0.05) is 24.3 Å². The minimum atomic E-state index is -0.235. The molecule has 0 N–H and O–H groups in total. The molecule has 0 fully saturated rings. The van der Waals surface area contributed by atoms with Gasteiger partial charge in [-0.25, -0.2) is 4.39 Å². The Hall–Kier alpha value is -0.380. The predicted octanol–water partition coefficient (Wildman–Crippen LogP) is 3.19. The molecule has 1 radical (unpaired) electrons. The van der Waals surface area contributed by atoms with E-state index in [9.17, 15) is 4.39 Å². The van der Waals surface area contributed by atoms with E-state index >= 15 is 0 Å². The lowest BCUT2D eigenvalue weighted by atomic mass is 10.2. The van der Waals surface area contributed by atoms with Crippen molar-refractivity contribution in [2.75, 3.05) is 0 Å². The molecule has 0 saturated heterocycles. The second-order valence-electron chi connectivity index (χ2n) is 1.73. The van der Waals surface area contributed by atoms with Crippen LogP contribution in [0.3, 0.4) is 0 Å². The summed E-state index contributed by atoms with van der Waals surface area (Å²) >= 11 is 1.86. The topological polar surface area (TPSA) is 0 Å². The summed E-state index contributed by atoms with van der Waals surface area (Å²) in [6.07, 6.45) is 0. The molecular formula is C8H5FI. The highest BCUT2D eigenvalue weighted by Crippen LogP contribution is 2.15. The maximum Gasteiger partial charge on any atom is 0.137 e. The Labute approximate surface area is 72.9 Å². The lowest BCUT2D eigenvalue weighted by Crippen LogP contribution is -1.73. The summed E-state index contributed by atoms with van der Waals surface area (Å²) in [5.41, 5.74) is 0.511. The monoisotopic (exact) mass is 247 g/mol. The smallest absolute Gasteiger partial charge is 0.137 e. The first-order valence-electron chi connectivity index (χ1n) is 2.77. The molecule has 0 heterocycles. The molecule has 0 bridgehead atoms. The van der Waals surface area contributed by atoms with Gasteiger partial charge in [0.05, 0.1) is 0 Å². The van der Waals surface area contributed by atoms with Gasteiger partial charge in [-0.3, -0.25) is 0 Å². The Morgan fingerprint density at radius 2 is 2.40 bits per heavy atom. The van der Waals surface area contributed by atoms with Crippen LogP contribution in [-0.2, 0) is 0 Å². The normalized spacial score (nSPS) is 11.6. The highest BCUT2D eigenvalue weighted by atomic mass is 127. The zero-order valence-electron chi connectivity index (χ0n) is 5.14. The van der Waals surface area contributed by atoms with E-state index in [4.69, 9.17) is 0 Å². The van der Waals surface area contributed by atoms with Gasteiger partial charge in [0.15, 0.2) is 0 Å². The maximum absolute atomic E-state index is 12.7. The highest BCUT2D eigenvalue weighted by Gasteiger charge is 1.95. The molecule has 0 spiro atoms. The Kier molecular flexibility index (Phi) is 2.86. The van der Waals surface area contributed by atoms with E-state index in [1.54, 1.807) is 18.2 Å². The van der Waals surface area contributed by atoms with Crippen molar-refractivity contribution in [2.45, 2.75) is 0 Å². The summed E-state index contributed by atoms with van der Waals surface area (Å²) in [4.78, 5) is 0. The van der Waals surface area contributed by atoms with Crippen LogP contribution in [0.15, 0.2) is 28.3 Å². The van der Waals surface area contributed by atoms with Crippen molar-refractivity contribution in [3.05, 3.63) is 40.0 Å². The zero-order chi connectivity index (χ0) is 7.40. The summed E-state index contributed by atoms with van der Waals surface area (Å²) < 4.78 is 14.1. The summed E-state index contributed by atoms with van der Waals surface area (Å²) in [7, 11) is 0. The Morgan fingerprint density at radius 3 is 2.90 bits per heavy atom. The molecule has 0 aliphatic carbocycles. The first-order valence-corrected chi connectivity index (χ1v) is 4.02. The van der Waals surface area contributed by atoms with Gasteiger partial charge >= 0.3 is 0 Å². The van der Waals surface area contributed by atoms with Crippen molar-refractivity contribution >= 4 is 28.4 Å². The van der Waals surface area contributed by atoms with Gasteiger partial charge in [-0.2, -0.15) is 0 Å². The fraction of sp³-hybridized carbons (Fsp3) is 0. The molecule has 1 aromatic carbocycles. The van der Waals surface area contributed by atoms with E-state index in [2.05, 4.69) is 6.07 Å². The van der Waals surface area contributed by atoms with E-state index in [0.29, 0.717) is 5.56 Å². The lowest BCUT2D eigenvalue weighted by molar-refractivity contribution is 0.762. The largest absolute Gasteiger partial charge is 0.206 e. The van der Waals surface area contributed by atoms with Crippen LogP contribution in [0, 0.1) is 6.07 Å². The Bertz CT molecular complexity index is 228. The van der Waals surface area contributed by atoms with E-state index in [1.807, 2.05) is 28.7 Å². The van der Waals surface area contributed by atoms with Crippen molar-refractivity contribution < 1.29 is 4.39 Å². The van der Waals surface area contributed by atoms with E-state index in [-0.39, 0.29) is 5.83 Å². The molecule has 0 aromatic heterocycles. The lowest BCUT2D eigenvalue weighted by Gasteiger charge is -1.91. The molecule has 0 amide bonds. The third-order valence-electron chi connectivity index (χ3n) is 1.06. The highest BCUT2D eigenvalue weighted by molar-refractivity contribution is 14.1. The molecule has 1 aromatic rings. The van der Waals surface area contributed by atoms with E-state index in [1.165, 1.54) is 4.08 Å². The standard InChI is InChI=1S/C8H5FI/c9-8(6-10)7-4-2-1-3-5-7/h1-4,6H/b8-6-. The molecule has 1 rings (SSSR count). The quantitative estimate of drug-likeness (QED) is 0.668. The molecular weight excluding hydrogens is 242 g/mol. The summed E-state index contributed by atoms with van der Waals surface area (Å²) in [5, 5.41) is 0. The second kappa shape index (κ2) is 3.71. The SMILES string of the molecule is F/C(=C\I)c1[c]cccc1. The maximum atomic E-state index is 12.7. The van der Waals surface area contributed by atoms with Crippen molar-refractivity contribution in [1.29, 1.82) is 0 Å². The Balaban J connectivity index is 2.96. The van der Waals surface area contributed by atoms with Crippen LogP contribution >= 0.6 is 22.6 Å². The number of hydrogen-bond donors (Lipinski definition) is 0. The average Bonchev–Trinajstić information content (AvgIpc) is 2.05. The number of hydrogen-bond acceptors (Lipinski definition) is 0. The summed E-state index contributed by atoms with van der Waals surface area (Å²) in [6.45, 7) is 0. The predicted molar refractivity (Wildman–Crippen MR) is 48.4 cm³/mol. The minimum Gasteiger partial charge on any atom is -0.206 e. The summed E-state index contributed by atoms with van der Waals surface area (Å²) in [5.74, 6) is -0.235. The van der Waals surface area contributed by atoms with E-state index in [0.717, 1.165) is 0 Å². The van der Waals surface area contributed by atoms with E-state index < -0.39 is 0 Å². The van der Waals surface area contributed by atoms with Crippen LogP contribution in [0.4, 0.5) is 4.39 Å². The Morgan fingerprint density at radius 1 is 1.60 bits per heavy atom. The molecule has 10 heavy (non-hydrogen) atoms. The molecule has 0 aliphatic rings. The average molecular weight is 247 g/mol. The van der Waals surface area contributed by atoms with Gasteiger partial charge in [0.25, 0.3) is 0 Å². The van der Waals surface area contributed by atoms with Crippen molar-refractivity contribution in [3.8, 4) is 0 Å². The van der Waals surface area contributed by atoms with Crippen molar-refractivity contribution in [1.82, 2.24) is 0 Å². The molecule has 51 valence electrons. The third-order valence-corrected chi connectivity index (χ3v) is 1.61. The first kappa shape index (κ1) is 7.72. The van der Waals surface area contributed by atoms with Gasteiger partial charge in [0, 0.05) is 9.65 Å². The molecule has 0 nitrogen and oxygen atoms in total. The van der Waals surface area contributed by atoms with Crippen LogP contribution in [0.5, 0.6) is 0 Å². The number of halogens is 2. The molecule has 0 aliphatic heterocycles. The number of benzene rings is 1.